The Labute approximate surface area is 166 Å². The van der Waals surface area contributed by atoms with Crippen molar-refractivity contribution in [3.8, 4) is 11.4 Å². The van der Waals surface area contributed by atoms with E-state index in [2.05, 4.69) is 15.0 Å². The number of nitrogens with zero attached hydrogens (tertiary/aromatic N) is 4. The van der Waals surface area contributed by atoms with Gasteiger partial charge in [0.1, 0.15) is 11.4 Å². The molecule has 0 fully saturated rings. The highest BCUT2D eigenvalue weighted by atomic mass is 16.6. The summed E-state index contributed by atoms with van der Waals surface area (Å²) in [4.78, 5) is 26.6. The molecule has 150 valence electrons. The van der Waals surface area contributed by atoms with Crippen molar-refractivity contribution in [3.05, 3.63) is 42.4 Å². The molecule has 2 N–H and O–H groups in total. The van der Waals surface area contributed by atoms with Crippen LogP contribution in [-0.2, 0) is 4.74 Å². The van der Waals surface area contributed by atoms with Crippen LogP contribution in [0.4, 0.5) is 10.6 Å². The molecule has 1 aliphatic rings. The van der Waals surface area contributed by atoms with Crippen LogP contribution in [0.3, 0.4) is 0 Å². The Bertz CT molecular complexity index is 828. The smallest absolute Gasteiger partial charge is 0.410 e. The molecule has 0 unspecified atom stereocenters. The highest BCUT2D eigenvalue weighted by Crippen LogP contribution is 2.28. The van der Waals surface area contributed by atoms with Crippen LogP contribution in [-0.4, -0.2) is 44.6 Å². The third-order valence-corrected chi connectivity index (χ3v) is 3.96. The largest absolute Gasteiger partial charge is 0.444 e. The van der Waals surface area contributed by atoms with Gasteiger partial charge in [-0.05, 0) is 50.5 Å². The van der Waals surface area contributed by atoms with Gasteiger partial charge in [-0.25, -0.2) is 19.7 Å². The first kappa shape index (κ1) is 21.3. The van der Waals surface area contributed by atoms with E-state index in [4.69, 9.17) is 10.5 Å². The lowest BCUT2D eigenvalue weighted by Crippen LogP contribution is -2.39. The molecule has 0 saturated carbocycles. The molecule has 3 rings (SSSR count). The summed E-state index contributed by atoms with van der Waals surface area (Å²) in [5, 5.41) is 0. The average Bonchev–Trinajstić information content (AvgIpc) is 2.69. The number of rotatable bonds is 2. The van der Waals surface area contributed by atoms with Crippen LogP contribution in [0.15, 0.2) is 36.8 Å². The Balaban J connectivity index is 0.00000136. The fraction of sp³-hybridized carbons (Fsp3) is 0.429. The third-order valence-electron chi connectivity index (χ3n) is 3.96. The van der Waals surface area contributed by atoms with Gasteiger partial charge in [-0.3, -0.25) is 0 Å². The molecule has 2 aromatic heterocycles. The first-order valence-electron chi connectivity index (χ1n) is 9.54. The second-order valence-corrected chi connectivity index (χ2v) is 7.13. The molecule has 7 heteroatoms. The zero-order valence-electron chi connectivity index (χ0n) is 17.3. The topological polar surface area (TPSA) is 94.2 Å². The van der Waals surface area contributed by atoms with Crippen molar-refractivity contribution in [1.82, 2.24) is 19.9 Å². The van der Waals surface area contributed by atoms with E-state index in [-0.39, 0.29) is 6.09 Å². The Hall–Kier alpha value is -2.96. The number of hydrogen-bond donors (Lipinski definition) is 1. The number of nitrogen functional groups attached to an aromatic ring is 1. The lowest BCUT2D eigenvalue weighted by molar-refractivity contribution is 0.0270. The summed E-state index contributed by atoms with van der Waals surface area (Å²) < 4.78 is 5.42. The zero-order chi connectivity index (χ0) is 20.7. The number of nitrogens with two attached hydrogens (primary N) is 1. The normalized spacial score (nSPS) is 13.9. The van der Waals surface area contributed by atoms with Gasteiger partial charge in [0.25, 0.3) is 0 Å². The maximum atomic E-state index is 12.2. The van der Waals surface area contributed by atoms with Crippen LogP contribution in [0.1, 0.15) is 46.6 Å². The first-order chi connectivity index (χ1) is 13.3. The Morgan fingerprint density at radius 1 is 1.18 bits per heavy atom. The van der Waals surface area contributed by atoms with Crippen molar-refractivity contribution in [1.29, 1.82) is 0 Å². The molecule has 0 aliphatic carbocycles. The van der Waals surface area contributed by atoms with Crippen LogP contribution in [0.25, 0.3) is 17.0 Å². The summed E-state index contributed by atoms with van der Waals surface area (Å²) in [5.74, 6) is 0.942. The monoisotopic (exact) mass is 383 g/mol. The minimum Gasteiger partial charge on any atom is -0.444 e. The fourth-order valence-corrected chi connectivity index (χ4v) is 2.69. The number of carbonyl (C=O) groups excluding carboxylic acids is 1. The molecule has 3 heterocycles. The minimum absolute atomic E-state index is 0.290. The predicted octanol–water partition coefficient (Wildman–Crippen LogP) is 4.17. The molecule has 0 spiro atoms. The molecule has 0 bridgehead atoms. The summed E-state index contributed by atoms with van der Waals surface area (Å²) in [5.41, 5.74) is 8.29. The van der Waals surface area contributed by atoms with Gasteiger partial charge < -0.3 is 15.4 Å². The molecule has 0 saturated heterocycles. The van der Waals surface area contributed by atoms with E-state index in [1.54, 1.807) is 29.6 Å². The van der Waals surface area contributed by atoms with E-state index < -0.39 is 5.60 Å². The van der Waals surface area contributed by atoms with Crippen LogP contribution in [0, 0.1) is 0 Å². The van der Waals surface area contributed by atoms with Crippen LogP contribution in [0.2, 0.25) is 0 Å². The van der Waals surface area contributed by atoms with Crippen LogP contribution >= 0.6 is 0 Å². The standard InChI is InChI=1S/C19H23N5O2.C2H6/c1-19(2,3)26-18(25)24-9-5-13(6-10-24)14-11-15(16(20)23-12-14)17-21-7-4-8-22-17;1-2/h4-5,7-8,11-12H,6,9-10H2,1-3H3,(H2,20,23);1-2H3. The molecular formula is C21H29N5O2. The van der Waals surface area contributed by atoms with Gasteiger partial charge in [-0.2, -0.15) is 0 Å². The molecule has 1 amide bonds. The van der Waals surface area contributed by atoms with E-state index in [0.29, 0.717) is 30.3 Å². The number of hydrogen-bond acceptors (Lipinski definition) is 6. The lowest BCUT2D eigenvalue weighted by atomic mass is 9.99. The van der Waals surface area contributed by atoms with Crippen LogP contribution < -0.4 is 5.73 Å². The van der Waals surface area contributed by atoms with Gasteiger partial charge in [0.05, 0.1) is 5.56 Å². The molecular weight excluding hydrogens is 354 g/mol. The number of amides is 1. The first-order valence-corrected chi connectivity index (χ1v) is 9.54. The number of ether oxygens (including phenoxy) is 1. The quantitative estimate of drug-likeness (QED) is 0.836. The second kappa shape index (κ2) is 9.30. The summed E-state index contributed by atoms with van der Waals surface area (Å²) in [6.45, 7) is 10.7. The summed E-state index contributed by atoms with van der Waals surface area (Å²) in [7, 11) is 0. The maximum absolute atomic E-state index is 12.2. The third kappa shape index (κ3) is 5.52. The van der Waals surface area contributed by atoms with E-state index in [9.17, 15) is 4.79 Å². The van der Waals surface area contributed by atoms with Crippen molar-refractivity contribution in [3.63, 3.8) is 0 Å². The van der Waals surface area contributed by atoms with Crippen LogP contribution in [0.5, 0.6) is 0 Å². The van der Waals surface area contributed by atoms with E-state index in [1.807, 2.05) is 46.8 Å². The number of anilines is 1. The SMILES string of the molecule is CC.CC(C)(C)OC(=O)N1CC=C(c2cnc(N)c(-c3ncccn3)c2)CC1. The van der Waals surface area contributed by atoms with E-state index >= 15 is 0 Å². The average molecular weight is 383 g/mol. The highest BCUT2D eigenvalue weighted by molar-refractivity contribution is 5.77. The van der Waals surface area contributed by atoms with Gasteiger partial charge >= 0.3 is 6.09 Å². The summed E-state index contributed by atoms with van der Waals surface area (Å²) in [6.07, 6.45) is 7.55. The van der Waals surface area contributed by atoms with Crippen molar-refractivity contribution in [2.24, 2.45) is 0 Å². The molecule has 28 heavy (non-hydrogen) atoms. The lowest BCUT2D eigenvalue weighted by Gasteiger charge is -2.29. The van der Waals surface area contributed by atoms with Gasteiger partial charge in [0.15, 0.2) is 5.82 Å². The predicted molar refractivity (Wildman–Crippen MR) is 111 cm³/mol. The number of pyridine rings is 1. The molecule has 1 aliphatic heterocycles. The molecule has 2 aromatic rings. The summed E-state index contributed by atoms with van der Waals surface area (Å²) >= 11 is 0. The summed E-state index contributed by atoms with van der Waals surface area (Å²) in [6, 6.07) is 3.71. The van der Waals surface area contributed by atoms with Crippen molar-refractivity contribution in [2.75, 3.05) is 18.8 Å². The van der Waals surface area contributed by atoms with E-state index in [1.165, 1.54) is 0 Å². The van der Waals surface area contributed by atoms with Crippen molar-refractivity contribution >= 4 is 17.5 Å². The van der Waals surface area contributed by atoms with Crippen molar-refractivity contribution in [2.45, 2.75) is 46.6 Å². The minimum atomic E-state index is -0.494. The highest BCUT2D eigenvalue weighted by Gasteiger charge is 2.24. The number of aromatic nitrogens is 3. The fourth-order valence-electron chi connectivity index (χ4n) is 2.69. The van der Waals surface area contributed by atoms with Gasteiger partial charge in [0.2, 0.25) is 0 Å². The van der Waals surface area contributed by atoms with Gasteiger partial charge in [-0.1, -0.05) is 19.9 Å². The Kier molecular flexibility index (Phi) is 7.09. The van der Waals surface area contributed by atoms with Gasteiger partial charge in [-0.15, -0.1) is 0 Å². The molecule has 7 nitrogen and oxygen atoms in total. The maximum Gasteiger partial charge on any atom is 0.410 e. The van der Waals surface area contributed by atoms with E-state index in [0.717, 1.165) is 17.6 Å². The number of carbonyl (C=O) groups is 1. The molecule has 0 aromatic carbocycles. The molecule has 0 atom stereocenters. The zero-order valence-corrected chi connectivity index (χ0v) is 17.3. The second-order valence-electron chi connectivity index (χ2n) is 7.13. The Morgan fingerprint density at radius 2 is 1.86 bits per heavy atom. The Morgan fingerprint density at radius 3 is 2.43 bits per heavy atom. The van der Waals surface area contributed by atoms with Gasteiger partial charge in [0, 0.05) is 31.7 Å². The molecule has 0 radical (unpaired) electrons. The van der Waals surface area contributed by atoms with Crippen molar-refractivity contribution < 1.29 is 9.53 Å².